The number of hydrogen-bond acceptors (Lipinski definition) is 3. The van der Waals surface area contributed by atoms with E-state index in [1.807, 2.05) is 20.8 Å². The average Bonchev–Trinajstić information content (AvgIpc) is 2.45. The summed E-state index contributed by atoms with van der Waals surface area (Å²) in [6.07, 6.45) is 0. The molecule has 0 spiro atoms. The van der Waals surface area contributed by atoms with Gasteiger partial charge in [-0.2, -0.15) is 5.26 Å². The Balaban J connectivity index is 3.04. The topological polar surface area (TPSA) is 54.5 Å². The maximum Gasteiger partial charge on any atom is 0.102 e. The van der Waals surface area contributed by atoms with Crippen molar-refractivity contribution in [2.45, 2.75) is 33.2 Å². The summed E-state index contributed by atoms with van der Waals surface area (Å²) in [6.45, 7) is 6.57. The quantitative estimate of drug-likeness (QED) is 0.660. The Morgan fingerprint density at radius 2 is 2.33 bits per heavy atom. The Bertz CT molecular complexity index is 307. The molecule has 0 saturated heterocycles. The van der Waals surface area contributed by atoms with Crippen molar-refractivity contribution in [3.05, 3.63) is 11.4 Å². The minimum Gasteiger partial charge on any atom is -0.250 e. The minimum absolute atomic E-state index is 0.162. The molecule has 0 aliphatic heterocycles. The van der Waals surface area contributed by atoms with Gasteiger partial charge in [0.05, 0.1) is 17.7 Å². The predicted molar refractivity (Wildman–Crippen MR) is 44.5 cm³/mol. The second-order valence-corrected chi connectivity index (χ2v) is 2.73. The first-order valence-corrected chi connectivity index (χ1v) is 4.00. The summed E-state index contributed by atoms with van der Waals surface area (Å²) in [5.41, 5.74) is 1.78. The van der Waals surface area contributed by atoms with Crippen molar-refractivity contribution in [1.29, 1.82) is 5.26 Å². The molecule has 1 heterocycles. The zero-order chi connectivity index (χ0) is 9.14. The first-order valence-electron chi connectivity index (χ1n) is 4.00. The zero-order valence-electron chi connectivity index (χ0n) is 7.57. The molecule has 1 atom stereocenters. The number of nitriles is 1. The van der Waals surface area contributed by atoms with Gasteiger partial charge < -0.3 is 0 Å². The van der Waals surface area contributed by atoms with Crippen LogP contribution in [-0.4, -0.2) is 15.0 Å². The SMILES string of the molecule is CCn1nnc(C(C)C#N)c1C. The Morgan fingerprint density at radius 1 is 1.67 bits per heavy atom. The van der Waals surface area contributed by atoms with Crippen molar-refractivity contribution >= 4 is 0 Å². The highest BCUT2D eigenvalue weighted by Crippen LogP contribution is 2.14. The van der Waals surface area contributed by atoms with Crippen LogP contribution in [0.4, 0.5) is 0 Å². The van der Waals surface area contributed by atoms with Gasteiger partial charge in [-0.05, 0) is 20.8 Å². The molecule has 1 aromatic heterocycles. The van der Waals surface area contributed by atoms with Crippen molar-refractivity contribution in [3.63, 3.8) is 0 Å². The molecule has 12 heavy (non-hydrogen) atoms. The third-order valence-electron chi connectivity index (χ3n) is 1.92. The fourth-order valence-electron chi connectivity index (χ4n) is 1.14. The normalized spacial score (nSPS) is 12.5. The Labute approximate surface area is 71.8 Å². The summed E-state index contributed by atoms with van der Waals surface area (Å²) in [5, 5.41) is 16.5. The Morgan fingerprint density at radius 3 is 2.75 bits per heavy atom. The summed E-state index contributed by atoms with van der Waals surface area (Å²) in [6, 6.07) is 2.14. The summed E-state index contributed by atoms with van der Waals surface area (Å²) in [4.78, 5) is 0. The molecule has 1 unspecified atom stereocenters. The Kier molecular flexibility index (Phi) is 2.44. The lowest BCUT2D eigenvalue weighted by Crippen LogP contribution is -2.00. The van der Waals surface area contributed by atoms with Crippen LogP contribution in [0, 0.1) is 18.3 Å². The van der Waals surface area contributed by atoms with Crippen molar-refractivity contribution in [3.8, 4) is 6.07 Å². The van der Waals surface area contributed by atoms with Crippen LogP contribution in [0.15, 0.2) is 0 Å². The largest absolute Gasteiger partial charge is 0.250 e. The van der Waals surface area contributed by atoms with E-state index in [0.717, 1.165) is 17.9 Å². The van der Waals surface area contributed by atoms with Crippen LogP contribution < -0.4 is 0 Å². The highest BCUT2D eigenvalue weighted by atomic mass is 15.4. The van der Waals surface area contributed by atoms with E-state index in [-0.39, 0.29) is 5.92 Å². The fourth-order valence-corrected chi connectivity index (χ4v) is 1.14. The number of rotatable bonds is 2. The predicted octanol–water partition coefficient (Wildman–Crippen LogP) is 1.23. The van der Waals surface area contributed by atoms with E-state index < -0.39 is 0 Å². The Hall–Kier alpha value is -1.37. The molecule has 0 fully saturated rings. The molecule has 1 rings (SSSR count). The molecule has 0 bridgehead atoms. The third kappa shape index (κ3) is 1.30. The molecule has 64 valence electrons. The van der Waals surface area contributed by atoms with Crippen molar-refractivity contribution < 1.29 is 0 Å². The molecule has 0 N–H and O–H groups in total. The van der Waals surface area contributed by atoms with Crippen LogP contribution in [0.3, 0.4) is 0 Å². The molecule has 0 saturated carbocycles. The van der Waals surface area contributed by atoms with Crippen LogP contribution in [-0.2, 0) is 6.54 Å². The minimum atomic E-state index is -0.162. The average molecular weight is 164 g/mol. The lowest BCUT2D eigenvalue weighted by Gasteiger charge is -1.99. The molecule has 0 aliphatic rings. The van der Waals surface area contributed by atoms with Crippen LogP contribution in [0.5, 0.6) is 0 Å². The summed E-state index contributed by atoms with van der Waals surface area (Å²) >= 11 is 0. The van der Waals surface area contributed by atoms with Crippen molar-refractivity contribution in [2.75, 3.05) is 0 Å². The number of aromatic nitrogens is 3. The molecule has 4 heteroatoms. The van der Waals surface area contributed by atoms with Gasteiger partial charge in [0.15, 0.2) is 0 Å². The van der Waals surface area contributed by atoms with E-state index in [0.29, 0.717) is 0 Å². The van der Waals surface area contributed by atoms with Gasteiger partial charge in [-0.1, -0.05) is 5.21 Å². The lowest BCUT2D eigenvalue weighted by molar-refractivity contribution is 0.611. The van der Waals surface area contributed by atoms with E-state index >= 15 is 0 Å². The molecule has 0 aliphatic carbocycles. The van der Waals surface area contributed by atoms with Gasteiger partial charge in [-0.25, -0.2) is 4.68 Å². The smallest absolute Gasteiger partial charge is 0.102 e. The van der Waals surface area contributed by atoms with E-state index in [1.54, 1.807) is 4.68 Å². The maximum atomic E-state index is 8.67. The van der Waals surface area contributed by atoms with Crippen LogP contribution in [0.25, 0.3) is 0 Å². The molecule has 4 nitrogen and oxygen atoms in total. The number of aryl methyl sites for hydroxylation is 1. The second kappa shape index (κ2) is 3.35. The van der Waals surface area contributed by atoms with Gasteiger partial charge in [0.2, 0.25) is 0 Å². The third-order valence-corrected chi connectivity index (χ3v) is 1.92. The zero-order valence-corrected chi connectivity index (χ0v) is 7.57. The fraction of sp³-hybridized carbons (Fsp3) is 0.625. The summed E-state index contributed by atoms with van der Waals surface area (Å²) < 4.78 is 1.79. The molecule has 1 aromatic rings. The molecule has 0 amide bonds. The van der Waals surface area contributed by atoms with Gasteiger partial charge in [0.25, 0.3) is 0 Å². The van der Waals surface area contributed by atoms with Gasteiger partial charge in [0.1, 0.15) is 5.69 Å². The van der Waals surface area contributed by atoms with Crippen LogP contribution in [0.2, 0.25) is 0 Å². The van der Waals surface area contributed by atoms with Gasteiger partial charge in [-0.15, -0.1) is 5.10 Å². The first kappa shape index (κ1) is 8.72. The molecule has 0 radical (unpaired) electrons. The molecule has 0 aromatic carbocycles. The summed E-state index contributed by atoms with van der Waals surface area (Å²) in [5.74, 6) is -0.162. The lowest BCUT2D eigenvalue weighted by atomic mass is 10.1. The van der Waals surface area contributed by atoms with Crippen LogP contribution in [0.1, 0.15) is 31.2 Å². The number of nitrogens with zero attached hydrogens (tertiary/aromatic N) is 4. The summed E-state index contributed by atoms with van der Waals surface area (Å²) in [7, 11) is 0. The number of hydrogen-bond donors (Lipinski definition) is 0. The van der Waals surface area contributed by atoms with Crippen molar-refractivity contribution in [2.24, 2.45) is 0 Å². The second-order valence-electron chi connectivity index (χ2n) is 2.73. The van der Waals surface area contributed by atoms with E-state index in [1.165, 1.54) is 0 Å². The van der Waals surface area contributed by atoms with E-state index in [2.05, 4.69) is 16.4 Å². The van der Waals surface area contributed by atoms with Gasteiger partial charge in [0, 0.05) is 6.54 Å². The highest BCUT2D eigenvalue weighted by molar-refractivity contribution is 5.18. The van der Waals surface area contributed by atoms with E-state index in [9.17, 15) is 0 Å². The first-order chi connectivity index (χ1) is 5.70. The van der Waals surface area contributed by atoms with E-state index in [4.69, 9.17) is 5.26 Å². The molecular formula is C8H12N4. The highest BCUT2D eigenvalue weighted by Gasteiger charge is 2.13. The molecular weight excluding hydrogens is 152 g/mol. The van der Waals surface area contributed by atoms with Crippen molar-refractivity contribution in [1.82, 2.24) is 15.0 Å². The monoisotopic (exact) mass is 164 g/mol. The van der Waals surface area contributed by atoms with Crippen LogP contribution >= 0.6 is 0 Å². The van der Waals surface area contributed by atoms with Gasteiger partial charge >= 0.3 is 0 Å². The maximum absolute atomic E-state index is 8.67. The standard InChI is InChI=1S/C8H12N4/c1-4-12-7(3)8(10-11-12)6(2)5-9/h6H,4H2,1-3H3. The van der Waals surface area contributed by atoms with Gasteiger partial charge in [-0.3, -0.25) is 0 Å².